The predicted octanol–water partition coefficient (Wildman–Crippen LogP) is 8.19. The maximum atomic E-state index is 14.2. The second-order valence-electron chi connectivity index (χ2n) is 12.1. The van der Waals surface area contributed by atoms with E-state index in [9.17, 15) is 23.1 Å². The molecule has 1 heterocycles. The zero-order chi connectivity index (χ0) is 25.8. The molecule has 4 aliphatic rings. The molecule has 3 nitrogen and oxygen atoms in total. The number of fused-ring (bicyclic) bond motifs is 1. The summed E-state index contributed by atoms with van der Waals surface area (Å²) in [7, 11) is 0. The molecular formula is C31H36F3NO2. The number of hydrogen-bond acceptors (Lipinski definition) is 3. The Labute approximate surface area is 216 Å². The maximum Gasteiger partial charge on any atom is 0.416 e. The van der Waals surface area contributed by atoms with Crippen LogP contribution in [0.2, 0.25) is 0 Å². The highest BCUT2D eigenvalue weighted by Gasteiger charge is 2.46. The molecular weight excluding hydrogens is 475 g/mol. The van der Waals surface area contributed by atoms with Crippen LogP contribution >= 0.6 is 0 Å². The van der Waals surface area contributed by atoms with Crippen LogP contribution in [0, 0.1) is 5.41 Å². The average molecular weight is 512 g/mol. The van der Waals surface area contributed by atoms with Crippen LogP contribution in [0.15, 0.2) is 24.3 Å². The lowest BCUT2D eigenvalue weighted by Gasteiger charge is -2.48. The summed E-state index contributed by atoms with van der Waals surface area (Å²) in [6.07, 6.45) is 9.42. The number of aromatic nitrogens is 1. The van der Waals surface area contributed by atoms with E-state index in [0.717, 1.165) is 112 Å². The third-order valence-corrected chi connectivity index (χ3v) is 9.75. The smallest absolute Gasteiger partial charge is 0.388 e. The quantitative estimate of drug-likeness (QED) is 0.421. The minimum Gasteiger partial charge on any atom is -0.388 e. The van der Waals surface area contributed by atoms with Gasteiger partial charge in [-0.3, -0.25) is 9.78 Å². The zero-order valence-corrected chi connectivity index (χ0v) is 21.4. The Morgan fingerprint density at radius 1 is 0.865 bits per heavy atom. The Kier molecular flexibility index (Phi) is 6.45. The number of carbonyl (C=O) groups excluding carboxylic acids is 1. The van der Waals surface area contributed by atoms with Crippen LogP contribution < -0.4 is 0 Å². The molecule has 6 heteroatoms. The van der Waals surface area contributed by atoms with Crippen molar-refractivity contribution in [2.75, 3.05) is 0 Å². The molecule has 0 amide bonds. The zero-order valence-electron chi connectivity index (χ0n) is 21.4. The molecule has 4 aliphatic carbocycles. The van der Waals surface area contributed by atoms with E-state index in [0.29, 0.717) is 5.56 Å². The van der Waals surface area contributed by atoms with Crippen molar-refractivity contribution in [3.8, 4) is 0 Å². The van der Waals surface area contributed by atoms with Crippen molar-refractivity contribution in [1.29, 1.82) is 0 Å². The molecule has 0 aliphatic heterocycles. The van der Waals surface area contributed by atoms with Gasteiger partial charge >= 0.3 is 6.18 Å². The molecule has 1 spiro atoms. The molecule has 3 saturated carbocycles. The van der Waals surface area contributed by atoms with Gasteiger partial charge in [0.25, 0.3) is 0 Å². The lowest BCUT2D eigenvalue weighted by Crippen LogP contribution is -2.39. The number of benzene rings is 1. The molecule has 0 saturated heterocycles. The van der Waals surface area contributed by atoms with Gasteiger partial charge in [-0.1, -0.05) is 50.7 Å². The van der Waals surface area contributed by atoms with Gasteiger partial charge < -0.3 is 5.11 Å². The number of carbonyl (C=O) groups is 1. The first-order valence-corrected chi connectivity index (χ1v) is 14.2. The van der Waals surface area contributed by atoms with E-state index in [1.807, 2.05) is 0 Å². The van der Waals surface area contributed by atoms with Crippen LogP contribution in [-0.2, 0) is 12.6 Å². The molecule has 1 aromatic heterocycles. The van der Waals surface area contributed by atoms with Gasteiger partial charge in [-0.2, -0.15) is 13.2 Å². The average Bonchev–Trinajstić information content (AvgIpc) is 3.41. The van der Waals surface area contributed by atoms with Crippen LogP contribution in [0.1, 0.15) is 145 Å². The number of ketones is 1. The first-order chi connectivity index (χ1) is 17.8. The Bertz CT molecular complexity index is 1170. The Morgan fingerprint density at radius 2 is 1.49 bits per heavy atom. The van der Waals surface area contributed by atoms with Crippen LogP contribution in [-0.4, -0.2) is 15.9 Å². The summed E-state index contributed by atoms with van der Waals surface area (Å²) in [5.41, 5.74) is 3.95. The number of aliphatic hydroxyl groups excluding tert-OH is 1. The third kappa shape index (κ3) is 4.53. The van der Waals surface area contributed by atoms with Gasteiger partial charge in [-0.25, -0.2) is 0 Å². The van der Waals surface area contributed by atoms with Crippen LogP contribution in [0.5, 0.6) is 0 Å². The first-order valence-electron chi connectivity index (χ1n) is 14.2. The number of pyridine rings is 1. The molecule has 3 fully saturated rings. The number of nitrogens with zero attached hydrogens (tertiary/aromatic N) is 1. The van der Waals surface area contributed by atoms with Gasteiger partial charge in [-0.05, 0) is 80.4 Å². The van der Waals surface area contributed by atoms with Crippen molar-refractivity contribution in [2.24, 2.45) is 5.41 Å². The standard InChI is InChI=1S/C31H36F3NO2/c32-31(33,34)22-13-11-21(12-14-22)29(37)27-25(19-7-2-1-3-8-19)26-23(35-28(27)20-9-4-5-10-20)17-30(15-6-16-30)18-24(26)36/h11-14,19-20,24,36H,1-10,15-18H2/t24-/m0/s1. The van der Waals surface area contributed by atoms with E-state index in [4.69, 9.17) is 4.98 Å². The largest absolute Gasteiger partial charge is 0.416 e. The summed E-state index contributed by atoms with van der Waals surface area (Å²) in [6.45, 7) is 0. The minimum absolute atomic E-state index is 0.134. The topological polar surface area (TPSA) is 50.2 Å². The molecule has 1 atom stereocenters. The van der Waals surface area contributed by atoms with E-state index in [1.54, 1.807) is 0 Å². The van der Waals surface area contributed by atoms with Crippen molar-refractivity contribution in [2.45, 2.75) is 114 Å². The fraction of sp³-hybridized carbons (Fsp3) is 0.613. The number of aliphatic hydroxyl groups is 1. The number of hydrogen-bond donors (Lipinski definition) is 1. The molecule has 6 rings (SSSR count). The van der Waals surface area contributed by atoms with Crippen molar-refractivity contribution in [3.05, 3.63) is 63.5 Å². The van der Waals surface area contributed by atoms with Gasteiger partial charge in [0.15, 0.2) is 5.78 Å². The predicted molar refractivity (Wildman–Crippen MR) is 136 cm³/mol. The van der Waals surface area contributed by atoms with E-state index >= 15 is 0 Å². The highest BCUT2D eigenvalue weighted by atomic mass is 19.4. The fourth-order valence-corrected chi connectivity index (χ4v) is 7.70. The van der Waals surface area contributed by atoms with Crippen molar-refractivity contribution in [3.63, 3.8) is 0 Å². The van der Waals surface area contributed by atoms with Crippen molar-refractivity contribution < 1.29 is 23.1 Å². The van der Waals surface area contributed by atoms with E-state index in [-0.39, 0.29) is 28.6 Å². The second kappa shape index (κ2) is 9.52. The summed E-state index contributed by atoms with van der Waals surface area (Å²) in [5, 5.41) is 11.6. The van der Waals surface area contributed by atoms with Gasteiger partial charge in [0.2, 0.25) is 0 Å². The van der Waals surface area contributed by atoms with Crippen molar-refractivity contribution in [1.82, 2.24) is 4.98 Å². The molecule has 0 unspecified atom stereocenters. The summed E-state index contributed by atoms with van der Waals surface area (Å²) >= 11 is 0. The monoisotopic (exact) mass is 511 g/mol. The van der Waals surface area contributed by atoms with Gasteiger partial charge in [0.05, 0.1) is 17.4 Å². The number of rotatable bonds is 4. The maximum absolute atomic E-state index is 14.2. The van der Waals surface area contributed by atoms with Gasteiger partial charge in [0.1, 0.15) is 0 Å². The highest BCUT2D eigenvalue weighted by molar-refractivity contribution is 6.11. The van der Waals surface area contributed by atoms with Crippen LogP contribution in [0.4, 0.5) is 13.2 Å². The summed E-state index contributed by atoms with van der Waals surface area (Å²) in [4.78, 5) is 19.5. The Hall–Kier alpha value is -2.21. The first kappa shape index (κ1) is 25.1. The second-order valence-corrected chi connectivity index (χ2v) is 12.1. The molecule has 1 N–H and O–H groups in total. The summed E-state index contributed by atoms with van der Waals surface area (Å²) in [5.74, 6) is 0.143. The third-order valence-electron chi connectivity index (χ3n) is 9.75. The molecule has 1 aromatic carbocycles. The van der Waals surface area contributed by atoms with E-state index < -0.39 is 17.8 Å². The fourth-order valence-electron chi connectivity index (χ4n) is 7.70. The SMILES string of the molecule is O=C(c1ccc(C(F)(F)F)cc1)c1c(C2CCCC2)nc2c(c1C1CCCCC1)[C@@H](O)CC1(CCC1)C2. The molecule has 0 bridgehead atoms. The van der Waals surface area contributed by atoms with E-state index in [1.165, 1.54) is 25.0 Å². The lowest BCUT2D eigenvalue weighted by molar-refractivity contribution is -0.137. The molecule has 198 valence electrons. The summed E-state index contributed by atoms with van der Waals surface area (Å²) < 4.78 is 39.7. The van der Waals surface area contributed by atoms with Crippen LogP contribution in [0.3, 0.4) is 0 Å². The van der Waals surface area contributed by atoms with Gasteiger partial charge in [0, 0.05) is 28.3 Å². The Morgan fingerprint density at radius 3 is 2.08 bits per heavy atom. The molecule has 37 heavy (non-hydrogen) atoms. The van der Waals surface area contributed by atoms with Gasteiger partial charge in [-0.15, -0.1) is 0 Å². The van der Waals surface area contributed by atoms with Crippen molar-refractivity contribution >= 4 is 5.78 Å². The Balaban J connectivity index is 1.53. The molecule has 2 aromatic rings. The van der Waals surface area contributed by atoms with E-state index in [2.05, 4.69) is 0 Å². The molecule has 0 radical (unpaired) electrons. The van der Waals surface area contributed by atoms with Crippen LogP contribution in [0.25, 0.3) is 0 Å². The minimum atomic E-state index is -4.45. The highest BCUT2D eigenvalue weighted by Crippen LogP contribution is 2.56. The summed E-state index contributed by atoms with van der Waals surface area (Å²) in [6, 6.07) is 4.63. The normalized spacial score (nSPS) is 24.2. The number of alkyl halides is 3. The lowest BCUT2D eigenvalue weighted by atomic mass is 9.58. The number of halogens is 3.